The summed E-state index contributed by atoms with van der Waals surface area (Å²) in [5, 5.41) is 12.2. The first kappa shape index (κ1) is 30.4. The highest BCUT2D eigenvalue weighted by Crippen LogP contribution is 2.40. The molecule has 2 heterocycles. The molecule has 2 fully saturated rings. The molecular weight excluding hydrogens is 593 g/mol. The molecule has 3 aromatic rings. The number of carboxylic acid groups (broad SMARTS) is 1. The van der Waals surface area contributed by atoms with Gasteiger partial charge in [0.05, 0.1) is 32.2 Å². The Morgan fingerprint density at radius 1 is 1.10 bits per heavy atom. The van der Waals surface area contributed by atoms with Crippen LogP contribution in [0.4, 0.5) is 18.3 Å². The van der Waals surface area contributed by atoms with Crippen molar-refractivity contribution < 1.29 is 36.3 Å². The van der Waals surface area contributed by atoms with Crippen LogP contribution in [0, 0.1) is 5.92 Å². The summed E-state index contributed by atoms with van der Waals surface area (Å²) in [4.78, 5) is 30.4. The fourth-order valence-electron chi connectivity index (χ4n) is 5.66. The number of aromatic nitrogens is 1. The van der Waals surface area contributed by atoms with E-state index >= 15 is 0 Å². The smallest absolute Gasteiger partial charge is 0.417 e. The zero-order valence-corrected chi connectivity index (χ0v) is 24.5. The standard InChI is InChI=1S/C28H31F3N4O5S2/c1-34-10-12-35(13-11-34)42(39,40)24-9-7-18(15-21(24)28(29,30)31)20(14-17-4-2-3-5-17)25(36)33-27-32-22-8-6-19(26(37)38)16-23(22)41-27/h6-9,15-17,20H,2-5,10-14H2,1H3,(H,37,38)(H,32,33,36)/t20-/m1/s1. The van der Waals surface area contributed by atoms with E-state index in [1.807, 2.05) is 11.9 Å². The number of carboxylic acids is 1. The highest BCUT2D eigenvalue weighted by atomic mass is 32.2. The summed E-state index contributed by atoms with van der Waals surface area (Å²) < 4.78 is 71.4. The van der Waals surface area contributed by atoms with Gasteiger partial charge in [0.15, 0.2) is 5.13 Å². The van der Waals surface area contributed by atoms with Gasteiger partial charge in [0.2, 0.25) is 15.9 Å². The number of benzene rings is 2. The van der Waals surface area contributed by atoms with Crippen molar-refractivity contribution in [2.45, 2.75) is 49.1 Å². The van der Waals surface area contributed by atoms with E-state index in [9.17, 15) is 36.3 Å². The van der Waals surface area contributed by atoms with Crippen LogP contribution >= 0.6 is 11.3 Å². The van der Waals surface area contributed by atoms with E-state index in [-0.39, 0.29) is 35.3 Å². The lowest BCUT2D eigenvalue weighted by Gasteiger charge is -2.32. The Bertz CT molecular complexity index is 1590. The summed E-state index contributed by atoms with van der Waals surface area (Å²) in [6.45, 7) is 0.985. The van der Waals surface area contributed by atoms with Crippen LogP contribution in [0.1, 0.15) is 59.5 Å². The fraction of sp³-hybridized carbons (Fsp3) is 0.464. The number of nitrogens with zero attached hydrogens (tertiary/aromatic N) is 3. The molecule has 1 saturated heterocycles. The maximum atomic E-state index is 14.4. The van der Waals surface area contributed by atoms with Gasteiger partial charge >= 0.3 is 12.1 Å². The Hall–Kier alpha value is -3.07. The number of hydrogen-bond donors (Lipinski definition) is 2. The van der Waals surface area contributed by atoms with Crippen LogP contribution < -0.4 is 5.32 Å². The van der Waals surface area contributed by atoms with Gasteiger partial charge in [0, 0.05) is 26.2 Å². The molecule has 2 aromatic carbocycles. The van der Waals surface area contributed by atoms with Crippen molar-refractivity contribution in [1.82, 2.24) is 14.2 Å². The zero-order chi connectivity index (χ0) is 30.2. The maximum Gasteiger partial charge on any atom is 0.417 e. The van der Waals surface area contributed by atoms with Gasteiger partial charge in [0.1, 0.15) is 0 Å². The summed E-state index contributed by atoms with van der Waals surface area (Å²) in [6.07, 6.45) is -1.01. The summed E-state index contributed by atoms with van der Waals surface area (Å²) in [5.41, 5.74) is -0.664. The molecule has 9 nitrogen and oxygen atoms in total. The molecule has 1 aliphatic carbocycles. The summed E-state index contributed by atoms with van der Waals surface area (Å²) in [6, 6.07) is 7.46. The van der Waals surface area contributed by atoms with Gasteiger partial charge in [-0.3, -0.25) is 4.79 Å². The molecule has 5 rings (SSSR count). The third-order valence-corrected chi connectivity index (χ3v) is 10.9. The van der Waals surface area contributed by atoms with Crippen LogP contribution in [-0.4, -0.2) is 72.8 Å². The number of nitrogens with one attached hydrogen (secondary N) is 1. The van der Waals surface area contributed by atoms with Crippen molar-refractivity contribution in [3.63, 3.8) is 0 Å². The molecule has 0 unspecified atom stereocenters. The molecule has 14 heteroatoms. The SMILES string of the molecule is CN1CCN(S(=O)(=O)c2ccc([C@@H](CC3CCCC3)C(=O)Nc3nc4ccc(C(=O)O)cc4s3)cc2C(F)(F)F)CC1. The zero-order valence-electron chi connectivity index (χ0n) is 22.9. The highest BCUT2D eigenvalue weighted by Gasteiger charge is 2.41. The number of alkyl halides is 3. The molecule has 2 aliphatic rings. The second-order valence-corrected chi connectivity index (χ2v) is 13.8. The Balaban J connectivity index is 1.49. The number of sulfonamides is 1. The first-order valence-corrected chi connectivity index (χ1v) is 15.9. The Labute approximate surface area is 245 Å². The number of carbonyl (C=O) groups excluding carboxylic acids is 1. The molecule has 1 saturated carbocycles. The van der Waals surface area contributed by atoms with Gasteiger partial charge in [0.25, 0.3) is 0 Å². The molecule has 2 N–H and O–H groups in total. The molecule has 0 spiro atoms. The van der Waals surface area contributed by atoms with Crippen molar-refractivity contribution in [3.8, 4) is 0 Å². The lowest BCUT2D eigenvalue weighted by atomic mass is 9.86. The Morgan fingerprint density at radius 3 is 2.43 bits per heavy atom. The first-order valence-electron chi connectivity index (χ1n) is 13.7. The topological polar surface area (TPSA) is 120 Å². The first-order chi connectivity index (χ1) is 19.8. The number of piperazine rings is 1. The van der Waals surface area contributed by atoms with Gasteiger partial charge in [-0.1, -0.05) is 43.1 Å². The lowest BCUT2D eigenvalue weighted by molar-refractivity contribution is -0.140. The number of anilines is 1. The number of aromatic carboxylic acids is 1. The van der Waals surface area contributed by atoms with Crippen LogP contribution in [0.25, 0.3) is 10.2 Å². The molecular formula is C28H31F3N4O5S2. The molecule has 0 radical (unpaired) electrons. The van der Waals surface area contributed by atoms with Crippen molar-refractivity contribution in [1.29, 1.82) is 0 Å². The largest absolute Gasteiger partial charge is 0.478 e. The second kappa shape index (κ2) is 11.9. The van der Waals surface area contributed by atoms with Crippen molar-refractivity contribution >= 4 is 48.6 Å². The predicted molar refractivity (Wildman–Crippen MR) is 152 cm³/mol. The van der Waals surface area contributed by atoms with Gasteiger partial charge < -0.3 is 15.3 Å². The summed E-state index contributed by atoms with van der Waals surface area (Å²) in [5.74, 6) is -2.50. The second-order valence-electron chi connectivity index (χ2n) is 10.9. The molecule has 1 aliphatic heterocycles. The van der Waals surface area contributed by atoms with Crippen molar-refractivity contribution in [2.75, 3.05) is 38.5 Å². The number of fused-ring (bicyclic) bond motifs is 1. The van der Waals surface area contributed by atoms with Gasteiger partial charge in [-0.2, -0.15) is 17.5 Å². The lowest BCUT2D eigenvalue weighted by Crippen LogP contribution is -2.47. The fourth-order valence-corrected chi connectivity index (χ4v) is 8.18. The van der Waals surface area contributed by atoms with E-state index in [2.05, 4.69) is 10.3 Å². The number of amides is 1. The monoisotopic (exact) mass is 624 g/mol. The number of halogens is 3. The van der Waals surface area contributed by atoms with E-state index in [4.69, 9.17) is 0 Å². The predicted octanol–water partition coefficient (Wildman–Crippen LogP) is 5.25. The third-order valence-electron chi connectivity index (χ3n) is 8.02. The normalized spacial score (nSPS) is 18.4. The van der Waals surface area contributed by atoms with Crippen LogP contribution in [0.15, 0.2) is 41.3 Å². The number of rotatable bonds is 8. The third kappa shape index (κ3) is 6.46. The van der Waals surface area contributed by atoms with Crippen LogP contribution in [-0.2, 0) is 21.0 Å². The number of hydrogen-bond acceptors (Lipinski definition) is 7. The molecule has 1 amide bonds. The van der Waals surface area contributed by atoms with E-state index in [1.165, 1.54) is 24.3 Å². The van der Waals surface area contributed by atoms with E-state index in [0.29, 0.717) is 29.7 Å². The average molecular weight is 625 g/mol. The molecule has 226 valence electrons. The van der Waals surface area contributed by atoms with Crippen LogP contribution in [0.2, 0.25) is 0 Å². The van der Waals surface area contributed by atoms with Crippen LogP contribution in [0.5, 0.6) is 0 Å². The van der Waals surface area contributed by atoms with Gasteiger partial charge in [-0.25, -0.2) is 18.2 Å². The molecule has 42 heavy (non-hydrogen) atoms. The number of carbonyl (C=O) groups is 2. The highest BCUT2D eigenvalue weighted by molar-refractivity contribution is 7.89. The summed E-state index contributed by atoms with van der Waals surface area (Å²) >= 11 is 1.07. The van der Waals surface area contributed by atoms with E-state index < -0.39 is 44.5 Å². The Morgan fingerprint density at radius 2 is 1.79 bits per heavy atom. The van der Waals surface area contributed by atoms with Crippen LogP contribution in [0.3, 0.4) is 0 Å². The molecule has 1 aromatic heterocycles. The maximum absolute atomic E-state index is 14.4. The van der Waals surface area contributed by atoms with E-state index in [1.54, 1.807) is 0 Å². The summed E-state index contributed by atoms with van der Waals surface area (Å²) in [7, 11) is -2.60. The molecule has 1 atom stereocenters. The van der Waals surface area contributed by atoms with Crippen molar-refractivity contribution in [2.24, 2.45) is 5.92 Å². The minimum atomic E-state index is -4.96. The minimum absolute atomic E-state index is 0.0643. The van der Waals surface area contributed by atoms with Crippen molar-refractivity contribution in [3.05, 3.63) is 53.1 Å². The van der Waals surface area contributed by atoms with Gasteiger partial charge in [-0.15, -0.1) is 0 Å². The quantitative estimate of drug-likeness (QED) is 0.351. The molecule has 0 bridgehead atoms. The average Bonchev–Trinajstić information content (AvgIpc) is 3.60. The van der Waals surface area contributed by atoms with Gasteiger partial charge in [-0.05, 0) is 55.3 Å². The Kier molecular flexibility index (Phi) is 8.61. The minimum Gasteiger partial charge on any atom is -0.478 e. The number of likely N-dealkylation sites (N-methyl/N-ethyl adjacent to an activating group) is 1. The number of thiazole rings is 1. The van der Waals surface area contributed by atoms with E-state index in [0.717, 1.165) is 53.5 Å².